The minimum Gasteiger partial charge on any atom is -0.310 e. The number of rotatable bonds is 5. The van der Waals surface area contributed by atoms with Crippen molar-refractivity contribution in [3.63, 3.8) is 0 Å². The van der Waals surface area contributed by atoms with E-state index in [0.717, 1.165) is 22.1 Å². The van der Waals surface area contributed by atoms with Crippen molar-refractivity contribution >= 4 is 21.7 Å². The molecule has 2 rings (SSSR count). The second-order valence-electron chi connectivity index (χ2n) is 4.90. The Bertz CT molecular complexity index is 824. The van der Waals surface area contributed by atoms with Crippen molar-refractivity contribution in [2.24, 2.45) is 0 Å². The molecule has 0 aliphatic rings. The van der Waals surface area contributed by atoms with E-state index in [0.29, 0.717) is 5.82 Å². The van der Waals surface area contributed by atoms with Crippen LogP contribution in [0.5, 0.6) is 0 Å². The number of pyridine rings is 1. The molecule has 0 saturated carbocycles. The summed E-state index contributed by atoms with van der Waals surface area (Å²) in [5, 5.41) is 2.50. The van der Waals surface area contributed by atoms with Crippen molar-refractivity contribution < 1.29 is 17.6 Å². The van der Waals surface area contributed by atoms with Crippen LogP contribution in [0.2, 0.25) is 0 Å². The van der Waals surface area contributed by atoms with Gasteiger partial charge in [0.1, 0.15) is 16.5 Å². The maximum atomic E-state index is 13.7. The smallest absolute Gasteiger partial charge is 0.246 e. The van der Waals surface area contributed by atoms with Gasteiger partial charge in [0.2, 0.25) is 15.9 Å². The minimum atomic E-state index is -4.09. The highest BCUT2D eigenvalue weighted by molar-refractivity contribution is 7.89. The Kier molecular flexibility index (Phi) is 5.07. The average Bonchev–Trinajstić information content (AvgIpc) is 2.47. The number of halogens is 1. The highest BCUT2D eigenvalue weighted by atomic mass is 32.2. The Labute approximate surface area is 134 Å². The Morgan fingerprint density at radius 3 is 2.57 bits per heavy atom. The molecule has 0 spiro atoms. The fourth-order valence-corrected chi connectivity index (χ4v) is 3.09. The standard InChI is InChI=1S/C15H16FN3O3S/c1-11-6-5-9-14(17-11)18-15(20)10-19(2)23(21,22)13-8-4-3-7-12(13)16/h3-9H,10H2,1-2H3,(H,17,18,20). The zero-order chi connectivity index (χ0) is 17.0. The Morgan fingerprint density at radius 1 is 1.22 bits per heavy atom. The molecule has 1 aromatic heterocycles. The van der Waals surface area contributed by atoms with Gasteiger partial charge in [0.25, 0.3) is 0 Å². The van der Waals surface area contributed by atoms with E-state index in [1.165, 1.54) is 19.2 Å². The van der Waals surface area contributed by atoms with Crippen LogP contribution in [0.15, 0.2) is 47.4 Å². The molecule has 0 bridgehead atoms. The molecule has 1 amide bonds. The number of aromatic nitrogens is 1. The van der Waals surface area contributed by atoms with Crippen LogP contribution in [0.1, 0.15) is 5.69 Å². The lowest BCUT2D eigenvalue weighted by molar-refractivity contribution is -0.116. The number of anilines is 1. The van der Waals surface area contributed by atoms with Gasteiger partial charge in [0.05, 0.1) is 6.54 Å². The lowest BCUT2D eigenvalue weighted by Crippen LogP contribution is -2.35. The van der Waals surface area contributed by atoms with Gasteiger partial charge in [-0.15, -0.1) is 0 Å². The summed E-state index contributed by atoms with van der Waals surface area (Å²) >= 11 is 0. The Morgan fingerprint density at radius 2 is 1.91 bits per heavy atom. The van der Waals surface area contributed by atoms with Crippen molar-refractivity contribution in [2.75, 3.05) is 18.9 Å². The van der Waals surface area contributed by atoms with E-state index in [1.54, 1.807) is 25.1 Å². The fourth-order valence-electron chi connectivity index (χ4n) is 1.90. The number of amides is 1. The van der Waals surface area contributed by atoms with E-state index in [1.807, 2.05) is 0 Å². The summed E-state index contributed by atoms with van der Waals surface area (Å²) in [7, 11) is -2.87. The molecule has 0 aliphatic heterocycles. The molecule has 0 aliphatic carbocycles. The first-order valence-electron chi connectivity index (χ1n) is 6.75. The molecule has 8 heteroatoms. The van der Waals surface area contributed by atoms with Crippen LogP contribution in [0.4, 0.5) is 10.2 Å². The van der Waals surface area contributed by atoms with Crippen LogP contribution in [0.25, 0.3) is 0 Å². The molecule has 1 aromatic carbocycles. The van der Waals surface area contributed by atoms with Crippen molar-refractivity contribution in [3.8, 4) is 0 Å². The topological polar surface area (TPSA) is 79.4 Å². The van der Waals surface area contributed by atoms with Crippen molar-refractivity contribution in [3.05, 3.63) is 54.0 Å². The summed E-state index contributed by atoms with van der Waals surface area (Å²) < 4.78 is 39.0. The first-order chi connectivity index (χ1) is 10.8. The zero-order valence-electron chi connectivity index (χ0n) is 12.7. The van der Waals surface area contributed by atoms with Crippen LogP contribution >= 0.6 is 0 Å². The summed E-state index contributed by atoms with van der Waals surface area (Å²) in [4.78, 5) is 15.6. The lowest BCUT2D eigenvalue weighted by Gasteiger charge is -2.17. The molecule has 0 atom stereocenters. The number of nitrogens with zero attached hydrogens (tertiary/aromatic N) is 2. The van der Waals surface area contributed by atoms with Crippen LogP contribution in [-0.4, -0.2) is 37.2 Å². The SMILES string of the molecule is Cc1cccc(NC(=O)CN(C)S(=O)(=O)c2ccccc2F)n1. The average molecular weight is 337 g/mol. The van der Waals surface area contributed by atoms with Gasteiger partial charge >= 0.3 is 0 Å². The maximum absolute atomic E-state index is 13.7. The summed E-state index contributed by atoms with van der Waals surface area (Å²) in [5.41, 5.74) is 0.718. The monoisotopic (exact) mass is 337 g/mol. The van der Waals surface area contributed by atoms with E-state index in [9.17, 15) is 17.6 Å². The molecule has 122 valence electrons. The minimum absolute atomic E-state index is 0.326. The number of carbonyl (C=O) groups is 1. The number of sulfonamides is 1. The van der Waals surface area contributed by atoms with Crippen LogP contribution in [-0.2, 0) is 14.8 Å². The third-order valence-electron chi connectivity index (χ3n) is 3.05. The normalized spacial score (nSPS) is 11.5. The number of hydrogen-bond donors (Lipinski definition) is 1. The predicted octanol–water partition coefficient (Wildman–Crippen LogP) is 1.79. The van der Waals surface area contributed by atoms with Gasteiger partial charge in [-0.05, 0) is 31.2 Å². The molecular weight excluding hydrogens is 321 g/mol. The molecule has 0 fully saturated rings. The van der Waals surface area contributed by atoms with Crippen molar-refractivity contribution in [1.82, 2.24) is 9.29 Å². The lowest BCUT2D eigenvalue weighted by atomic mass is 10.3. The number of likely N-dealkylation sites (N-methyl/N-ethyl adjacent to an activating group) is 1. The molecule has 6 nitrogen and oxygen atoms in total. The summed E-state index contributed by atoms with van der Waals surface area (Å²) in [5.74, 6) is -1.10. The molecule has 0 unspecified atom stereocenters. The number of aryl methyl sites for hydroxylation is 1. The predicted molar refractivity (Wildman–Crippen MR) is 83.8 cm³/mol. The number of nitrogens with one attached hydrogen (secondary N) is 1. The molecule has 0 radical (unpaired) electrons. The first kappa shape index (κ1) is 17.0. The largest absolute Gasteiger partial charge is 0.310 e. The molecule has 1 N–H and O–H groups in total. The molecule has 1 heterocycles. The van der Waals surface area contributed by atoms with Gasteiger partial charge in [-0.1, -0.05) is 18.2 Å². The first-order valence-corrected chi connectivity index (χ1v) is 8.19. The van der Waals surface area contributed by atoms with Gasteiger partial charge in [-0.25, -0.2) is 17.8 Å². The quantitative estimate of drug-likeness (QED) is 0.902. The van der Waals surface area contributed by atoms with E-state index in [2.05, 4.69) is 10.3 Å². The zero-order valence-corrected chi connectivity index (χ0v) is 13.5. The maximum Gasteiger partial charge on any atom is 0.246 e. The van der Waals surface area contributed by atoms with Crippen LogP contribution in [0.3, 0.4) is 0 Å². The van der Waals surface area contributed by atoms with E-state index in [-0.39, 0.29) is 0 Å². The third-order valence-corrected chi connectivity index (χ3v) is 4.88. The van der Waals surface area contributed by atoms with Crippen molar-refractivity contribution in [1.29, 1.82) is 0 Å². The second kappa shape index (κ2) is 6.84. The molecule has 23 heavy (non-hydrogen) atoms. The Balaban J connectivity index is 2.10. The highest BCUT2D eigenvalue weighted by Crippen LogP contribution is 2.17. The van der Waals surface area contributed by atoms with Gasteiger partial charge in [0, 0.05) is 12.7 Å². The van der Waals surface area contributed by atoms with Gasteiger partial charge in [-0.3, -0.25) is 4.79 Å². The van der Waals surface area contributed by atoms with Crippen LogP contribution < -0.4 is 5.32 Å². The summed E-state index contributed by atoms with van der Waals surface area (Å²) in [6.07, 6.45) is 0. The van der Waals surface area contributed by atoms with E-state index in [4.69, 9.17) is 0 Å². The third kappa shape index (κ3) is 4.11. The second-order valence-corrected chi connectivity index (χ2v) is 6.92. The van der Waals surface area contributed by atoms with E-state index >= 15 is 0 Å². The van der Waals surface area contributed by atoms with E-state index < -0.39 is 33.2 Å². The van der Waals surface area contributed by atoms with Crippen molar-refractivity contribution in [2.45, 2.75) is 11.8 Å². The summed E-state index contributed by atoms with van der Waals surface area (Å²) in [6.45, 7) is 1.32. The van der Waals surface area contributed by atoms with Gasteiger partial charge < -0.3 is 5.32 Å². The fraction of sp³-hybridized carbons (Fsp3) is 0.200. The summed E-state index contributed by atoms with van der Waals surface area (Å²) in [6, 6.07) is 10.1. The molecular formula is C15H16FN3O3S. The van der Waals surface area contributed by atoms with Crippen LogP contribution in [0, 0.1) is 12.7 Å². The number of benzene rings is 1. The van der Waals surface area contributed by atoms with Gasteiger partial charge in [-0.2, -0.15) is 4.31 Å². The van der Waals surface area contributed by atoms with Gasteiger partial charge in [0.15, 0.2) is 0 Å². The highest BCUT2D eigenvalue weighted by Gasteiger charge is 2.25. The molecule has 0 saturated heterocycles. The Hall–Kier alpha value is -2.32. The number of hydrogen-bond acceptors (Lipinski definition) is 4. The molecule has 2 aromatic rings. The number of carbonyl (C=O) groups excluding carboxylic acids is 1.